The van der Waals surface area contributed by atoms with Gasteiger partial charge >= 0.3 is 0 Å². The highest BCUT2D eigenvalue weighted by molar-refractivity contribution is 6.17. The first kappa shape index (κ1) is 21.2. The van der Waals surface area contributed by atoms with E-state index in [2.05, 4.69) is 77.0 Å². The lowest BCUT2D eigenvalue weighted by molar-refractivity contribution is 0.669. The number of aromatic nitrogens is 3. The molecule has 0 unspecified atom stereocenters. The molecule has 0 atom stereocenters. The standard InChI is InChI=1S/C33H21N3O/c1-4-12-22(13-5-1)25-20-21-28-30(26-18-10-11-19-27(26)37-28)31(25)33-29(23-14-6-2-7-15-23)32(34-36-35-33)24-16-8-3-9-17-24/h1-21H. The van der Waals surface area contributed by atoms with Gasteiger partial charge in [-0.15, -0.1) is 10.2 Å². The molecular weight excluding hydrogens is 454 g/mol. The van der Waals surface area contributed by atoms with Crippen LogP contribution in [0.5, 0.6) is 0 Å². The van der Waals surface area contributed by atoms with Crippen LogP contribution < -0.4 is 0 Å². The Kier molecular flexibility index (Phi) is 5.07. The molecule has 0 saturated carbocycles. The van der Waals surface area contributed by atoms with E-state index in [-0.39, 0.29) is 0 Å². The summed E-state index contributed by atoms with van der Waals surface area (Å²) >= 11 is 0. The topological polar surface area (TPSA) is 51.8 Å². The summed E-state index contributed by atoms with van der Waals surface area (Å²) in [5.74, 6) is 0. The molecule has 4 heteroatoms. The van der Waals surface area contributed by atoms with Crippen LogP contribution in [0.25, 0.3) is 66.7 Å². The predicted octanol–water partition coefficient (Wildman–Crippen LogP) is 8.44. The molecule has 0 saturated heterocycles. The summed E-state index contributed by atoms with van der Waals surface area (Å²) < 4.78 is 6.30. The van der Waals surface area contributed by atoms with Gasteiger partial charge in [0.1, 0.15) is 22.6 Å². The van der Waals surface area contributed by atoms with Gasteiger partial charge < -0.3 is 4.42 Å². The van der Waals surface area contributed by atoms with E-state index in [9.17, 15) is 0 Å². The highest BCUT2D eigenvalue weighted by Gasteiger charge is 2.24. The quantitative estimate of drug-likeness (QED) is 0.256. The fourth-order valence-corrected chi connectivity index (χ4v) is 5.10. The Morgan fingerprint density at radius 3 is 1.76 bits per heavy atom. The van der Waals surface area contributed by atoms with Crippen LogP contribution in [0.15, 0.2) is 132 Å². The van der Waals surface area contributed by atoms with Crippen molar-refractivity contribution < 1.29 is 4.42 Å². The summed E-state index contributed by atoms with van der Waals surface area (Å²) in [5, 5.41) is 15.7. The number of furan rings is 1. The van der Waals surface area contributed by atoms with Crippen LogP contribution in [0.2, 0.25) is 0 Å². The van der Waals surface area contributed by atoms with E-state index in [1.807, 2.05) is 60.7 Å². The van der Waals surface area contributed by atoms with Crippen LogP contribution in [0, 0.1) is 0 Å². The third-order valence-electron chi connectivity index (χ3n) is 6.74. The first-order valence-corrected chi connectivity index (χ1v) is 12.2. The van der Waals surface area contributed by atoms with Crippen LogP contribution in [-0.4, -0.2) is 15.4 Å². The average molecular weight is 476 g/mol. The third kappa shape index (κ3) is 3.58. The largest absolute Gasteiger partial charge is 0.456 e. The zero-order valence-corrected chi connectivity index (χ0v) is 19.9. The van der Waals surface area contributed by atoms with Gasteiger partial charge in [0.15, 0.2) is 0 Å². The smallest absolute Gasteiger partial charge is 0.136 e. The molecule has 0 N–H and O–H groups in total. The van der Waals surface area contributed by atoms with E-state index in [1.54, 1.807) is 0 Å². The van der Waals surface area contributed by atoms with E-state index >= 15 is 0 Å². The average Bonchev–Trinajstić information content (AvgIpc) is 3.36. The molecule has 0 radical (unpaired) electrons. The minimum Gasteiger partial charge on any atom is -0.456 e. The number of hydrogen-bond donors (Lipinski definition) is 0. The van der Waals surface area contributed by atoms with Crippen LogP contribution in [0.4, 0.5) is 0 Å². The third-order valence-corrected chi connectivity index (χ3v) is 6.74. The van der Waals surface area contributed by atoms with Crippen molar-refractivity contribution in [3.05, 3.63) is 127 Å². The van der Waals surface area contributed by atoms with Gasteiger partial charge in [0.05, 0.1) is 0 Å². The molecule has 7 rings (SSSR count). The van der Waals surface area contributed by atoms with Crippen LogP contribution in [0.3, 0.4) is 0 Å². The molecule has 0 amide bonds. The Hall–Kier alpha value is -5.09. The van der Waals surface area contributed by atoms with Crippen molar-refractivity contribution >= 4 is 21.9 Å². The molecule has 0 aliphatic heterocycles. The van der Waals surface area contributed by atoms with Gasteiger partial charge in [0.2, 0.25) is 0 Å². The van der Waals surface area contributed by atoms with Crippen LogP contribution in [0.1, 0.15) is 0 Å². The maximum atomic E-state index is 6.30. The van der Waals surface area contributed by atoms with Crippen molar-refractivity contribution in [3.63, 3.8) is 0 Å². The number of fused-ring (bicyclic) bond motifs is 3. The second-order valence-corrected chi connectivity index (χ2v) is 8.92. The van der Waals surface area contributed by atoms with Gasteiger partial charge in [-0.2, -0.15) is 0 Å². The van der Waals surface area contributed by atoms with Crippen molar-refractivity contribution in [2.45, 2.75) is 0 Å². The van der Waals surface area contributed by atoms with Crippen LogP contribution in [-0.2, 0) is 0 Å². The Labute approximate surface area is 213 Å². The highest BCUT2D eigenvalue weighted by Crippen LogP contribution is 2.46. The summed E-state index contributed by atoms with van der Waals surface area (Å²) in [4.78, 5) is 0. The SMILES string of the molecule is c1ccc(-c2ccc3oc4ccccc4c3c2-c2nnnc(-c3ccccc3)c2-c2ccccc2)cc1. The monoisotopic (exact) mass is 475 g/mol. The fourth-order valence-electron chi connectivity index (χ4n) is 5.10. The normalized spacial score (nSPS) is 11.2. The van der Waals surface area contributed by atoms with Gasteiger partial charge in [-0.3, -0.25) is 0 Å². The highest BCUT2D eigenvalue weighted by atomic mass is 16.3. The molecule has 0 fully saturated rings. The fraction of sp³-hybridized carbons (Fsp3) is 0. The molecule has 174 valence electrons. The van der Waals surface area contributed by atoms with E-state index in [1.165, 1.54) is 0 Å². The molecular formula is C33H21N3O. The zero-order chi connectivity index (χ0) is 24.6. The Bertz CT molecular complexity index is 1860. The van der Waals surface area contributed by atoms with E-state index in [0.29, 0.717) is 0 Å². The molecule has 7 aromatic rings. The Morgan fingerprint density at radius 2 is 1.03 bits per heavy atom. The molecule has 37 heavy (non-hydrogen) atoms. The van der Waals surface area contributed by atoms with Gasteiger partial charge in [-0.25, -0.2) is 0 Å². The molecule has 2 aromatic heterocycles. The van der Waals surface area contributed by atoms with Crippen molar-refractivity contribution in [3.8, 4) is 44.8 Å². The minimum atomic E-state index is 0.774. The summed E-state index contributed by atoms with van der Waals surface area (Å²) in [6.07, 6.45) is 0. The van der Waals surface area contributed by atoms with Crippen LogP contribution >= 0.6 is 0 Å². The van der Waals surface area contributed by atoms with Gasteiger partial charge in [0, 0.05) is 27.5 Å². The lowest BCUT2D eigenvalue weighted by atomic mass is 9.88. The summed E-state index contributed by atoms with van der Waals surface area (Å²) in [5.41, 5.74) is 9.34. The van der Waals surface area contributed by atoms with Gasteiger partial charge in [-0.05, 0) is 40.1 Å². The Balaban J connectivity index is 1.66. The predicted molar refractivity (Wildman–Crippen MR) is 149 cm³/mol. The summed E-state index contributed by atoms with van der Waals surface area (Å²) in [6.45, 7) is 0. The van der Waals surface area contributed by atoms with Crippen molar-refractivity contribution in [2.24, 2.45) is 0 Å². The number of nitrogens with zero attached hydrogens (tertiary/aromatic N) is 3. The number of para-hydroxylation sites is 1. The van der Waals surface area contributed by atoms with Crippen molar-refractivity contribution in [1.29, 1.82) is 0 Å². The molecule has 5 aromatic carbocycles. The minimum absolute atomic E-state index is 0.774. The first-order chi connectivity index (χ1) is 18.4. The molecule has 4 nitrogen and oxygen atoms in total. The zero-order valence-electron chi connectivity index (χ0n) is 19.9. The Morgan fingerprint density at radius 1 is 0.432 bits per heavy atom. The maximum absolute atomic E-state index is 6.30. The second kappa shape index (κ2) is 8.85. The number of benzene rings is 5. The second-order valence-electron chi connectivity index (χ2n) is 8.92. The lowest BCUT2D eigenvalue weighted by Gasteiger charge is -2.17. The lowest BCUT2D eigenvalue weighted by Crippen LogP contribution is -2.01. The molecule has 0 aliphatic carbocycles. The molecule has 0 bridgehead atoms. The van der Waals surface area contributed by atoms with Gasteiger partial charge in [0.25, 0.3) is 0 Å². The van der Waals surface area contributed by atoms with E-state index in [4.69, 9.17) is 9.52 Å². The van der Waals surface area contributed by atoms with Gasteiger partial charge in [-0.1, -0.05) is 109 Å². The van der Waals surface area contributed by atoms with Crippen molar-refractivity contribution in [1.82, 2.24) is 15.4 Å². The summed E-state index contributed by atoms with van der Waals surface area (Å²) in [6, 6.07) is 43.2. The molecule has 0 spiro atoms. The van der Waals surface area contributed by atoms with E-state index < -0.39 is 0 Å². The molecule has 2 heterocycles. The van der Waals surface area contributed by atoms with Crippen molar-refractivity contribution in [2.75, 3.05) is 0 Å². The number of rotatable bonds is 4. The van der Waals surface area contributed by atoms with E-state index in [0.717, 1.165) is 66.7 Å². The maximum Gasteiger partial charge on any atom is 0.136 e. The first-order valence-electron chi connectivity index (χ1n) is 12.2. The summed E-state index contributed by atoms with van der Waals surface area (Å²) in [7, 11) is 0. The number of hydrogen-bond acceptors (Lipinski definition) is 4. The molecule has 0 aliphatic rings.